The lowest BCUT2D eigenvalue weighted by Gasteiger charge is -2.26. The first-order chi connectivity index (χ1) is 14.8. The van der Waals surface area contributed by atoms with E-state index >= 15 is 0 Å². The Labute approximate surface area is 184 Å². The Morgan fingerprint density at radius 1 is 1.29 bits per heavy atom. The summed E-state index contributed by atoms with van der Waals surface area (Å²) >= 11 is 6.76. The number of furan rings is 1. The Morgan fingerprint density at radius 2 is 2.06 bits per heavy atom. The molecule has 4 heterocycles. The van der Waals surface area contributed by atoms with Crippen molar-refractivity contribution < 1.29 is 27.2 Å². The fourth-order valence-corrected chi connectivity index (χ4v) is 6.13. The fraction of sp³-hybridized carbons (Fsp3) is 0.0526. The van der Waals surface area contributed by atoms with Crippen LogP contribution in [0.5, 0.6) is 0 Å². The first-order valence-electron chi connectivity index (χ1n) is 8.73. The molecule has 158 valence electrons. The number of aromatic nitrogens is 1. The van der Waals surface area contributed by atoms with Gasteiger partial charge in [-0.25, -0.2) is 8.42 Å². The number of sulfonamides is 1. The number of benzene rings is 1. The van der Waals surface area contributed by atoms with Crippen molar-refractivity contribution in [1.82, 2.24) is 9.29 Å². The Balaban J connectivity index is 1.47. The molecule has 1 amide bonds. The van der Waals surface area contributed by atoms with Crippen LogP contribution in [0.3, 0.4) is 0 Å². The standard InChI is InChI=1S/C19H12ClN3O6S2/c1-23-15(16(24)17-13(31(23,26)27)7-14(20)30-17)18(25)22-19-21-10(8-28-19)12-6-9-4-2-3-5-11(9)29-12/h2-8,24H,1H3,(H,21,22,25). The Hall–Kier alpha value is -3.28. The van der Waals surface area contributed by atoms with Crippen LogP contribution in [0.4, 0.5) is 6.01 Å². The Bertz CT molecular complexity index is 1460. The third-order valence-electron chi connectivity index (χ3n) is 4.68. The van der Waals surface area contributed by atoms with Crippen LogP contribution in [0.15, 0.2) is 62.1 Å². The number of hydrogen-bond acceptors (Lipinski definition) is 8. The van der Waals surface area contributed by atoms with E-state index in [0.29, 0.717) is 21.3 Å². The van der Waals surface area contributed by atoms with Crippen molar-refractivity contribution in [2.24, 2.45) is 0 Å². The van der Waals surface area contributed by atoms with Crippen LogP contribution in [0.1, 0.15) is 4.88 Å². The molecule has 5 rings (SSSR count). The minimum absolute atomic E-state index is 0.0105. The second-order valence-corrected chi connectivity index (χ2v) is 10.2. The lowest BCUT2D eigenvalue weighted by molar-refractivity contribution is -0.113. The highest BCUT2D eigenvalue weighted by molar-refractivity contribution is 7.89. The smallest absolute Gasteiger partial charge is 0.302 e. The van der Waals surface area contributed by atoms with Crippen LogP contribution in [0.25, 0.3) is 28.2 Å². The van der Waals surface area contributed by atoms with Gasteiger partial charge in [0.05, 0.1) is 9.21 Å². The van der Waals surface area contributed by atoms with Crippen LogP contribution in [0, 0.1) is 0 Å². The normalized spacial score (nSPS) is 15.4. The molecular formula is C19H12ClN3O6S2. The topological polar surface area (TPSA) is 126 Å². The Morgan fingerprint density at radius 3 is 2.84 bits per heavy atom. The number of oxazole rings is 1. The highest BCUT2D eigenvalue weighted by atomic mass is 35.5. The number of carbonyl (C=O) groups excluding carboxylic acids is 1. The number of anilines is 1. The molecule has 0 spiro atoms. The Kier molecular flexibility index (Phi) is 4.36. The summed E-state index contributed by atoms with van der Waals surface area (Å²) in [5, 5.41) is 13.8. The van der Waals surface area contributed by atoms with Gasteiger partial charge in [-0.2, -0.15) is 4.98 Å². The van der Waals surface area contributed by atoms with Crippen molar-refractivity contribution in [3.63, 3.8) is 0 Å². The highest BCUT2D eigenvalue weighted by Gasteiger charge is 2.40. The van der Waals surface area contributed by atoms with Crippen molar-refractivity contribution >= 4 is 61.6 Å². The maximum atomic E-state index is 12.8. The first kappa shape index (κ1) is 19.7. The maximum Gasteiger partial charge on any atom is 0.302 e. The number of thiophene rings is 1. The van der Waals surface area contributed by atoms with Gasteiger partial charge in [-0.1, -0.05) is 29.8 Å². The van der Waals surface area contributed by atoms with Crippen molar-refractivity contribution in [1.29, 1.82) is 0 Å². The minimum Gasteiger partial charge on any atom is -0.504 e. The average Bonchev–Trinajstić information content (AvgIpc) is 3.44. The lowest BCUT2D eigenvalue weighted by atomic mass is 10.2. The van der Waals surface area contributed by atoms with Crippen molar-refractivity contribution in [2.45, 2.75) is 4.90 Å². The summed E-state index contributed by atoms with van der Waals surface area (Å²) in [4.78, 5) is 16.8. The molecular weight excluding hydrogens is 466 g/mol. The van der Waals surface area contributed by atoms with Gasteiger partial charge >= 0.3 is 6.01 Å². The molecule has 0 saturated heterocycles. The highest BCUT2D eigenvalue weighted by Crippen LogP contribution is 2.41. The van der Waals surface area contributed by atoms with Gasteiger partial charge < -0.3 is 13.9 Å². The summed E-state index contributed by atoms with van der Waals surface area (Å²) < 4.78 is 37.2. The van der Waals surface area contributed by atoms with E-state index in [4.69, 9.17) is 20.4 Å². The molecule has 31 heavy (non-hydrogen) atoms. The zero-order chi connectivity index (χ0) is 21.9. The molecule has 1 aromatic carbocycles. The van der Waals surface area contributed by atoms with Gasteiger partial charge in [-0.05, 0) is 18.2 Å². The molecule has 0 fully saturated rings. The summed E-state index contributed by atoms with van der Waals surface area (Å²) in [5.74, 6) is -0.995. The summed E-state index contributed by atoms with van der Waals surface area (Å²) in [6.45, 7) is 0. The number of likely N-dealkylation sites (N-methyl/N-ethyl adjacent to an activating group) is 1. The van der Waals surface area contributed by atoms with Crippen LogP contribution >= 0.6 is 22.9 Å². The molecule has 9 nitrogen and oxygen atoms in total. The number of aliphatic hydroxyl groups is 1. The molecule has 0 aliphatic carbocycles. The maximum absolute atomic E-state index is 12.8. The number of nitrogens with zero attached hydrogens (tertiary/aromatic N) is 2. The number of para-hydroxylation sites is 1. The molecule has 2 N–H and O–H groups in total. The molecule has 0 radical (unpaired) electrons. The van der Waals surface area contributed by atoms with Gasteiger partial charge in [0.25, 0.3) is 15.9 Å². The van der Waals surface area contributed by atoms with E-state index in [1.54, 1.807) is 12.1 Å². The SMILES string of the molecule is CN1C(C(=O)Nc2nc(-c3cc4ccccc4o3)co2)=C(O)c2sc(Cl)cc2S1(=O)=O. The average molecular weight is 478 g/mol. The summed E-state index contributed by atoms with van der Waals surface area (Å²) in [7, 11) is -2.90. The van der Waals surface area contributed by atoms with Gasteiger partial charge in [-0.15, -0.1) is 11.3 Å². The monoisotopic (exact) mass is 477 g/mol. The van der Waals surface area contributed by atoms with E-state index in [2.05, 4.69) is 10.3 Å². The molecule has 0 unspecified atom stereocenters. The van der Waals surface area contributed by atoms with Gasteiger partial charge in [0.15, 0.2) is 17.2 Å². The molecule has 3 aromatic heterocycles. The van der Waals surface area contributed by atoms with Crippen LogP contribution in [0.2, 0.25) is 4.34 Å². The lowest BCUT2D eigenvalue weighted by Crippen LogP contribution is -2.36. The molecule has 4 aromatic rings. The molecule has 0 saturated carbocycles. The van der Waals surface area contributed by atoms with Crippen molar-refractivity contribution in [3.8, 4) is 11.5 Å². The number of amides is 1. The van der Waals surface area contributed by atoms with Crippen molar-refractivity contribution in [3.05, 3.63) is 57.6 Å². The minimum atomic E-state index is -4.06. The molecule has 12 heteroatoms. The van der Waals surface area contributed by atoms with E-state index in [1.807, 2.05) is 18.2 Å². The van der Waals surface area contributed by atoms with Crippen LogP contribution < -0.4 is 5.32 Å². The van der Waals surface area contributed by atoms with E-state index < -0.39 is 27.4 Å². The molecule has 0 atom stereocenters. The second-order valence-electron chi connectivity index (χ2n) is 6.55. The molecule has 1 aliphatic heterocycles. The predicted molar refractivity (Wildman–Crippen MR) is 114 cm³/mol. The summed E-state index contributed by atoms with van der Waals surface area (Å²) in [6.07, 6.45) is 1.29. The van der Waals surface area contributed by atoms with Gasteiger partial charge in [0.2, 0.25) is 0 Å². The number of nitrogens with one attached hydrogen (secondary N) is 1. The largest absolute Gasteiger partial charge is 0.504 e. The predicted octanol–water partition coefficient (Wildman–Crippen LogP) is 4.30. The van der Waals surface area contributed by atoms with E-state index in [1.165, 1.54) is 12.3 Å². The van der Waals surface area contributed by atoms with Gasteiger partial charge in [0, 0.05) is 12.4 Å². The van der Waals surface area contributed by atoms with Crippen LogP contribution in [-0.2, 0) is 14.8 Å². The van der Waals surface area contributed by atoms with Gasteiger partial charge in [-0.3, -0.25) is 14.4 Å². The number of carbonyl (C=O) groups is 1. The fourth-order valence-electron chi connectivity index (χ4n) is 3.19. The number of aliphatic hydroxyl groups excluding tert-OH is 1. The molecule has 0 bridgehead atoms. The zero-order valence-electron chi connectivity index (χ0n) is 15.6. The number of rotatable bonds is 3. The van der Waals surface area contributed by atoms with E-state index in [9.17, 15) is 18.3 Å². The number of halogens is 1. The van der Waals surface area contributed by atoms with Crippen molar-refractivity contribution in [2.75, 3.05) is 12.4 Å². The number of hydrogen-bond donors (Lipinski definition) is 2. The second kappa shape index (κ2) is 6.87. The molecule has 1 aliphatic rings. The first-order valence-corrected chi connectivity index (χ1v) is 11.4. The van der Waals surface area contributed by atoms with Gasteiger partial charge in [0.1, 0.15) is 22.4 Å². The summed E-state index contributed by atoms with van der Waals surface area (Å²) in [5.41, 5.74) is 0.525. The van der Waals surface area contributed by atoms with E-state index in [0.717, 1.165) is 23.8 Å². The summed E-state index contributed by atoms with van der Waals surface area (Å²) in [6, 6.07) is 10.2. The quantitative estimate of drug-likeness (QED) is 0.450. The number of fused-ring (bicyclic) bond motifs is 2. The third-order valence-corrected chi connectivity index (χ3v) is 7.86. The van der Waals surface area contributed by atoms with E-state index in [-0.39, 0.29) is 20.1 Å². The van der Waals surface area contributed by atoms with Crippen LogP contribution in [-0.4, -0.2) is 35.8 Å². The third kappa shape index (κ3) is 3.09. The zero-order valence-corrected chi connectivity index (χ0v) is 18.0.